The van der Waals surface area contributed by atoms with Gasteiger partial charge in [-0.2, -0.15) is 17.6 Å². The fourth-order valence-electron chi connectivity index (χ4n) is 5.72. The van der Waals surface area contributed by atoms with E-state index in [0.717, 1.165) is 12.1 Å². The number of benzene rings is 3. The van der Waals surface area contributed by atoms with E-state index in [9.17, 15) is 35.6 Å². The van der Waals surface area contributed by atoms with Gasteiger partial charge in [0.05, 0.1) is 23.8 Å². The lowest BCUT2D eigenvalue weighted by Gasteiger charge is -2.31. The summed E-state index contributed by atoms with van der Waals surface area (Å²) >= 11 is 0. The molecule has 0 spiro atoms. The summed E-state index contributed by atoms with van der Waals surface area (Å²) in [4.78, 5) is 32.1. The molecule has 0 saturated carbocycles. The number of aromatic nitrogens is 1. The summed E-state index contributed by atoms with van der Waals surface area (Å²) in [6.07, 6.45) is -7.33. The molecule has 0 bridgehead atoms. The first-order valence-corrected chi connectivity index (χ1v) is 16.8. The molecule has 2 atom stereocenters. The Labute approximate surface area is 279 Å². The van der Waals surface area contributed by atoms with Gasteiger partial charge in [0.2, 0.25) is 5.91 Å². The second-order valence-corrected chi connectivity index (χ2v) is 13.5. The van der Waals surface area contributed by atoms with Crippen molar-refractivity contribution in [2.24, 2.45) is 0 Å². The van der Waals surface area contributed by atoms with E-state index in [-0.39, 0.29) is 39.8 Å². The van der Waals surface area contributed by atoms with E-state index in [1.807, 2.05) is 0 Å². The van der Waals surface area contributed by atoms with Gasteiger partial charge in [0.1, 0.15) is 17.6 Å². The summed E-state index contributed by atoms with van der Waals surface area (Å²) in [5.41, 5.74) is 7.03. The number of methoxy groups -OCH3 is 1. The highest BCUT2D eigenvalue weighted by molar-refractivity contribution is 7.91. The number of rotatable bonds is 11. The van der Waals surface area contributed by atoms with Crippen LogP contribution in [0.2, 0.25) is 0 Å². The Morgan fingerprint density at radius 1 is 1.08 bits per heavy atom. The molecule has 4 aromatic rings. The van der Waals surface area contributed by atoms with Gasteiger partial charge in [-0.15, -0.1) is 0 Å². The van der Waals surface area contributed by atoms with Crippen LogP contribution in [0, 0.1) is 0 Å². The van der Waals surface area contributed by atoms with Crippen molar-refractivity contribution in [1.82, 2.24) is 9.88 Å². The fraction of sp³-hybridized carbons (Fsp3) is 0.303. The molecule has 11 nitrogen and oxygen atoms in total. The number of nitrogens with zero attached hydrogens (tertiary/aromatic N) is 2. The number of sulfone groups is 1. The zero-order chi connectivity index (χ0) is 35.5. The topological polar surface area (TPSA) is 153 Å². The van der Waals surface area contributed by atoms with Gasteiger partial charge in [0, 0.05) is 29.5 Å². The number of likely N-dealkylation sites (tertiary alicyclic amines) is 1. The minimum Gasteiger partial charge on any atom is -0.453 e. The summed E-state index contributed by atoms with van der Waals surface area (Å²) in [6, 6.07) is 13.8. The third-order valence-electron chi connectivity index (χ3n) is 8.10. The molecule has 3 aromatic carbocycles. The molecule has 260 valence electrons. The van der Waals surface area contributed by atoms with Crippen LogP contribution in [0.1, 0.15) is 43.0 Å². The van der Waals surface area contributed by atoms with E-state index in [4.69, 9.17) is 5.73 Å². The minimum absolute atomic E-state index is 0.0232. The molecule has 49 heavy (non-hydrogen) atoms. The Hall–Kier alpha value is -5.12. The highest BCUT2D eigenvalue weighted by Gasteiger charge is 2.44. The number of alkyl halides is 4. The van der Waals surface area contributed by atoms with Crippen molar-refractivity contribution >= 4 is 49.8 Å². The molecule has 1 aliphatic heterocycles. The number of ether oxygens (including phenoxy) is 2. The van der Waals surface area contributed by atoms with Crippen LogP contribution >= 0.6 is 0 Å². The number of nitrogens with two attached hydrogens (primary N) is 1. The lowest BCUT2D eigenvalue weighted by Crippen LogP contribution is -2.38. The highest BCUT2D eigenvalue weighted by Crippen LogP contribution is 2.40. The molecule has 1 aromatic heterocycles. The molecule has 1 saturated heterocycles. The SMILES string of the molecule is CCS(=O)(=O)c1ccc(NC(=O)OC)cc1C1CCCN1C(=O)C(Nc1ccc2c(N)nccc2c1)c1cccc(OC(F)(F)C(F)F)c1. The molecule has 1 fully saturated rings. The quantitative estimate of drug-likeness (QED) is 0.148. The Morgan fingerprint density at radius 3 is 2.55 bits per heavy atom. The van der Waals surface area contributed by atoms with Gasteiger partial charge >= 0.3 is 18.6 Å². The number of hydrogen-bond donors (Lipinski definition) is 3. The maximum atomic E-state index is 14.6. The van der Waals surface area contributed by atoms with Gasteiger partial charge in [-0.05, 0) is 84.0 Å². The van der Waals surface area contributed by atoms with Gasteiger partial charge in [-0.1, -0.05) is 19.1 Å². The first-order valence-electron chi connectivity index (χ1n) is 15.1. The van der Waals surface area contributed by atoms with Crippen LogP contribution < -0.4 is 21.1 Å². The number of hydrogen-bond acceptors (Lipinski definition) is 9. The number of nitrogens with one attached hydrogen (secondary N) is 2. The van der Waals surface area contributed by atoms with Crippen molar-refractivity contribution in [3.05, 3.63) is 84.1 Å². The molecule has 0 aliphatic carbocycles. The summed E-state index contributed by atoms with van der Waals surface area (Å²) < 4.78 is 89.1. The standard InChI is InChI=1S/C33H33F4N5O6S/c1-3-49(45,46)27-12-10-22(41-32(44)47-2)18-25(27)26-8-5-15-42(26)30(43)28(20-6-4-7-23(17-20)48-33(36,37)31(34)35)40-21-9-11-24-19(16-21)13-14-39-29(24)38/h4,6-7,9-14,16-18,26,28,31,40H,3,5,8,15H2,1-2H3,(H2,38,39)(H,41,44). The monoisotopic (exact) mass is 703 g/mol. The average Bonchev–Trinajstić information content (AvgIpc) is 3.57. The summed E-state index contributed by atoms with van der Waals surface area (Å²) in [5.74, 6) is -1.12. The van der Waals surface area contributed by atoms with E-state index in [2.05, 4.69) is 25.1 Å². The molecule has 5 rings (SSSR count). The number of halogens is 4. The second-order valence-electron chi connectivity index (χ2n) is 11.2. The Morgan fingerprint density at radius 2 is 1.84 bits per heavy atom. The Bertz CT molecular complexity index is 1980. The second kappa shape index (κ2) is 14.2. The first-order chi connectivity index (χ1) is 23.2. The van der Waals surface area contributed by atoms with E-state index >= 15 is 0 Å². The van der Waals surface area contributed by atoms with Crippen molar-refractivity contribution in [3.8, 4) is 5.75 Å². The molecular weight excluding hydrogens is 670 g/mol. The minimum atomic E-state index is -4.79. The van der Waals surface area contributed by atoms with E-state index in [1.165, 1.54) is 55.5 Å². The van der Waals surface area contributed by atoms with Crippen molar-refractivity contribution in [1.29, 1.82) is 0 Å². The molecule has 16 heteroatoms. The van der Waals surface area contributed by atoms with Crippen molar-refractivity contribution in [2.45, 2.75) is 49.3 Å². The van der Waals surface area contributed by atoms with Crippen LogP contribution in [-0.2, 0) is 19.4 Å². The van der Waals surface area contributed by atoms with E-state index in [0.29, 0.717) is 29.3 Å². The molecular formula is C33H33F4N5O6S. The summed E-state index contributed by atoms with van der Waals surface area (Å²) in [5, 5.41) is 6.97. The van der Waals surface area contributed by atoms with Crippen LogP contribution in [0.25, 0.3) is 10.8 Å². The normalized spacial score (nSPS) is 15.7. The molecule has 2 unspecified atom stereocenters. The molecule has 2 amide bonds. The lowest BCUT2D eigenvalue weighted by atomic mass is 10.0. The maximum Gasteiger partial charge on any atom is 0.461 e. The third-order valence-corrected chi connectivity index (χ3v) is 9.91. The molecule has 0 radical (unpaired) electrons. The van der Waals surface area contributed by atoms with Crippen LogP contribution in [0.5, 0.6) is 5.75 Å². The van der Waals surface area contributed by atoms with Gasteiger partial charge in [0.25, 0.3) is 0 Å². The number of carbonyl (C=O) groups excluding carboxylic acids is 2. The van der Waals surface area contributed by atoms with Crippen LogP contribution in [0.15, 0.2) is 77.8 Å². The predicted octanol–water partition coefficient (Wildman–Crippen LogP) is 6.54. The van der Waals surface area contributed by atoms with Gasteiger partial charge < -0.3 is 25.4 Å². The largest absolute Gasteiger partial charge is 0.461 e. The van der Waals surface area contributed by atoms with Gasteiger partial charge in [-0.25, -0.2) is 18.2 Å². The zero-order valence-corrected chi connectivity index (χ0v) is 27.1. The maximum absolute atomic E-state index is 14.6. The number of nitrogen functional groups attached to an aromatic ring is 1. The summed E-state index contributed by atoms with van der Waals surface area (Å²) in [6.45, 7) is 1.68. The Balaban J connectivity index is 1.58. The Kier molecular flexibility index (Phi) is 10.2. The predicted molar refractivity (Wildman–Crippen MR) is 174 cm³/mol. The van der Waals surface area contributed by atoms with Gasteiger partial charge in [0.15, 0.2) is 9.84 Å². The molecule has 1 aliphatic rings. The van der Waals surface area contributed by atoms with E-state index < -0.39 is 52.2 Å². The number of pyridine rings is 1. The van der Waals surface area contributed by atoms with Crippen LogP contribution in [-0.4, -0.2) is 62.2 Å². The highest BCUT2D eigenvalue weighted by atomic mass is 32.2. The fourth-order valence-corrected chi connectivity index (χ4v) is 6.86. The zero-order valence-electron chi connectivity index (χ0n) is 26.3. The van der Waals surface area contributed by atoms with Gasteiger partial charge in [-0.3, -0.25) is 10.1 Å². The van der Waals surface area contributed by atoms with Crippen molar-refractivity contribution in [2.75, 3.05) is 35.8 Å². The van der Waals surface area contributed by atoms with Crippen molar-refractivity contribution in [3.63, 3.8) is 0 Å². The summed E-state index contributed by atoms with van der Waals surface area (Å²) in [7, 11) is -2.63. The number of anilines is 3. The lowest BCUT2D eigenvalue weighted by molar-refractivity contribution is -0.253. The number of fused-ring (bicyclic) bond motifs is 1. The average molecular weight is 704 g/mol. The van der Waals surface area contributed by atoms with Crippen molar-refractivity contribution < 1.29 is 45.0 Å². The number of amides is 2. The third kappa shape index (κ3) is 7.63. The smallest absolute Gasteiger partial charge is 0.453 e. The number of carbonyl (C=O) groups is 2. The molecule has 4 N–H and O–H groups in total. The van der Waals surface area contributed by atoms with E-state index in [1.54, 1.807) is 24.3 Å². The first kappa shape index (κ1) is 35.2. The van der Waals surface area contributed by atoms with Crippen LogP contribution in [0.4, 0.5) is 39.5 Å². The molecule has 2 heterocycles. The van der Waals surface area contributed by atoms with Crippen LogP contribution in [0.3, 0.4) is 0 Å².